The molecular weight excluding hydrogens is 250 g/mol. The molecule has 0 saturated carbocycles. The van der Waals surface area contributed by atoms with E-state index in [0.717, 1.165) is 17.7 Å². The fraction of sp³-hybridized carbons (Fsp3) is 0.353. The van der Waals surface area contributed by atoms with Gasteiger partial charge in [0.2, 0.25) is 0 Å². The SMILES string of the molecule is C=CCC1CC(N)=C(c2cccc(OCCC)c2)C1=O. The van der Waals surface area contributed by atoms with Gasteiger partial charge >= 0.3 is 0 Å². The van der Waals surface area contributed by atoms with Gasteiger partial charge in [0.1, 0.15) is 5.75 Å². The standard InChI is InChI=1S/C17H21NO2/c1-3-6-13-11-15(18)16(17(13)19)12-7-5-8-14(10-12)20-9-4-2/h3,5,7-8,10,13H,1,4,6,9,11,18H2,2H3. The molecule has 1 unspecified atom stereocenters. The Bertz CT molecular complexity index is 546. The lowest BCUT2D eigenvalue weighted by molar-refractivity contribution is -0.116. The van der Waals surface area contributed by atoms with Gasteiger partial charge in [0.25, 0.3) is 0 Å². The van der Waals surface area contributed by atoms with Crippen LogP contribution in [-0.2, 0) is 4.79 Å². The minimum Gasteiger partial charge on any atom is -0.494 e. The van der Waals surface area contributed by atoms with E-state index < -0.39 is 0 Å². The molecule has 1 aliphatic rings. The predicted molar refractivity (Wildman–Crippen MR) is 81.3 cm³/mol. The van der Waals surface area contributed by atoms with Crippen LogP contribution >= 0.6 is 0 Å². The van der Waals surface area contributed by atoms with E-state index in [9.17, 15) is 4.79 Å². The highest BCUT2D eigenvalue weighted by molar-refractivity contribution is 6.24. The van der Waals surface area contributed by atoms with Crippen LogP contribution in [0, 0.1) is 5.92 Å². The summed E-state index contributed by atoms with van der Waals surface area (Å²) in [6, 6.07) is 7.60. The first-order valence-electron chi connectivity index (χ1n) is 7.04. The molecule has 2 rings (SSSR count). The van der Waals surface area contributed by atoms with Crippen LogP contribution in [0.25, 0.3) is 5.57 Å². The van der Waals surface area contributed by atoms with Gasteiger partial charge in [0.15, 0.2) is 5.78 Å². The maximum atomic E-state index is 12.4. The Balaban J connectivity index is 2.24. The van der Waals surface area contributed by atoms with Crippen molar-refractivity contribution >= 4 is 11.4 Å². The van der Waals surface area contributed by atoms with E-state index in [0.29, 0.717) is 30.7 Å². The number of benzene rings is 1. The minimum atomic E-state index is -0.0530. The molecule has 0 spiro atoms. The number of hydrogen-bond donors (Lipinski definition) is 1. The van der Waals surface area contributed by atoms with Crippen molar-refractivity contribution in [3.8, 4) is 5.75 Å². The lowest BCUT2D eigenvalue weighted by atomic mass is 9.97. The second kappa shape index (κ2) is 6.42. The van der Waals surface area contributed by atoms with E-state index in [1.54, 1.807) is 6.08 Å². The molecule has 3 nitrogen and oxygen atoms in total. The largest absolute Gasteiger partial charge is 0.494 e. The van der Waals surface area contributed by atoms with Crippen LogP contribution in [0.5, 0.6) is 5.75 Å². The second-order valence-electron chi connectivity index (χ2n) is 5.07. The fourth-order valence-corrected chi connectivity index (χ4v) is 2.50. The van der Waals surface area contributed by atoms with E-state index in [-0.39, 0.29) is 11.7 Å². The third-order valence-corrected chi connectivity index (χ3v) is 3.45. The summed E-state index contributed by atoms with van der Waals surface area (Å²) in [4.78, 5) is 12.4. The molecule has 0 fully saturated rings. The number of allylic oxidation sites excluding steroid dienone is 3. The molecule has 0 radical (unpaired) electrons. The molecule has 1 aliphatic carbocycles. The highest BCUT2D eigenvalue weighted by atomic mass is 16.5. The molecular formula is C17H21NO2. The molecule has 1 atom stereocenters. The minimum absolute atomic E-state index is 0.0530. The van der Waals surface area contributed by atoms with E-state index in [1.165, 1.54) is 0 Å². The van der Waals surface area contributed by atoms with E-state index in [2.05, 4.69) is 13.5 Å². The average molecular weight is 271 g/mol. The Morgan fingerprint density at radius 2 is 2.30 bits per heavy atom. The van der Waals surface area contributed by atoms with Crippen LogP contribution in [0.3, 0.4) is 0 Å². The van der Waals surface area contributed by atoms with Gasteiger partial charge in [-0.3, -0.25) is 4.79 Å². The molecule has 2 N–H and O–H groups in total. The van der Waals surface area contributed by atoms with E-state index in [4.69, 9.17) is 10.5 Å². The Morgan fingerprint density at radius 3 is 3.00 bits per heavy atom. The van der Waals surface area contributed by atoms with Crippen molar-refractivity contribution in [1.29, 1.82) is 0 Å². The predicted octanol–water partition coefficient (Wildman–Crippen LogP) is 3.31. The van der Waals surface area contributed by atoms with E-state index >= 15 is 0 Å². The van der Waals surface area contributed by atoms with Crippen LogP contribution in [0.15, 0.2) is 42.6 Å². The monoisotopic (exact) mass is 271 g/mol. The molecule has 1 aromatic carbocycles. The smallest absolute Gasteiger partial charge is 0.168 e. The van der Waals surface area contributed by atoms with Gasteiger partial charge in [0.05, 0.1) is 6.61 Å². The molecule has 0 aliphatic heterocycles. The van der Waals surface area contributed by atoms with Gasteiger partial charge in [-0.15, -0.1) is 6.58 Å². The van der Waals surface area contributed by atoms with Crippen LogP contribution in [-0.4, -0.2) is 12.4 Å². The number of carbonyl (C=O) groups is 1. The zero-order valence-electron chi connectivity index (χ0n) is 11.9. The first-order valence-corrected chi connectivity index (χ1v) is 7.04. The topological polar surface area (TPSA) is 52.3 Å². The summed E-state index contributed by atoms with van der Waals surface area (Å²) >= 11 is 0. The highest BCUT2D eigenvalue weighted by Crippen LogP contribution is 2.35. The summed E-state index contributed by atoms with van der Waals surface area (Å²) < 4.78 is 5.61. The number of rotatable bonds is 6. The maximum Gasteiger partial charge on any atom is 0.168 e. The van der Waals surface area contributed by atoms with E-state index in [1.807, 2.05) is 24.3 Å². The third-order valence-electron chi connectivity index (χ3n) is 3.45. The van der Waals surface area contributed by atoms with Gasteiger partial charge in [0, 0.05) is 17.2 Å². The molecule has 20 heavy (non-hydrogen) atoms. The number of hydrogen-bond acceptors (Lipinski definition) is 3. The fourth-order valence-electron chi connectivity index (χ4n) is 2.50. The summed E-state index contributed by atoms with van der Waals surface area (Å²) in [6.07, 6.45) is 4.03. The normalized spacial score (nSPS) is 18.4. The van der Waals surface area contributed by atoms with Crippen LogP contribution in [0.2, 0.25) is 0 Å². The van der Waals surface area contributed by atoms with Crippen molar-refractivity contribution in [2.45, 2.75) is 26.2 Å². The van der Waals surface area contributed by atoms with Gasteiger partial charge < -0.3 is 10.5 Å². The van der Waals surface area contributed by atoms with Crippen LogP contribution < -0.4 is 10.5 Å². The van der Waals surface area contributed by atoms with Crippen molar-refractivity contribution < 1.29 is 9.53 Å². The number of nitrogens with two attached hydrogens (primary N) is 1. The Morgan fingerprint density at radius 1 is 1.50 bits per heavy atom. The quantitative estimate of drug-likeness (QED) is 0.808. The summed E-state index contributed by atoms with van der Waals surface area (Å²) in [7, 11) is 0. The summed E-state index contributed by atoms with van der Waals surface area (Å²) in [5.74, 6) is 0.849. The Labute approximate surface area is 120 Å². The number of carbonyl (C=O) groups excluding carboxylic acids is 1. The molecule has 0 amide bonds. The lowest BCUT2D eigenvalue weighted by Gasteiger charge is -2.09. The zero-order valence-corrected chi connectivity index (χ0v) is 11.9. The number of ether oxygens (including phenoxy) is 1. The summed E-state index contributed by atoms with van der Waals surface area (Å²) in [5, 5.41) is 0. The molecule has 1 aromatic rings. The zero-order chi connectivity index (χ0) is 14.5. The third kappa shape index (κ3) is 2.93. The van der Waals surface area contributed by atoms with Gasteiger partial charge in [-0.25, -0.2) is 0 Å². The summed E-state index contributed by atoms with van der Waals surface area (Å²) in [5.41, 5.74) is 8.24. The molecule has 0 saturated heterocycles. The molecule has 3 heteroatoms. The first-order chi connectivity index (χ1) is 9.67. The van der Waals surface area contributed by atoms with Crippen molar-refractivity contribution in [2.24, 2.45) is 11.7 Å². The van der Waals surface area contributed by atoms with Crippen molar-refractivity contribution in [2.75, 3.05) is 6.61 Å². The number of ketones is 1. The molecule has 0 heterocycles. The van der Waals surface area contributed by atoms with Crippen LogP contribution in [0.1, 0.15) is 31.7 Å². The Kier molecular flexibility index (Phi) is 4.61. The highest BCUT2D eigenvalue weighted by Gasteiger charge is 2.31. The number of Topliss-reactive ketones (excluding diaryl/α,β-unsaturated/α-hetero) is 1. The maximum absolute atomic E-state index is 12.4. The first kappa shape index (κ1) is 14.4. The second-order valence-corrected chi connectivity index (χ2v) is 5.07. The molecule has 0 bridgehead atoms. The average Bonchev–Trinajstić information content (AvgIpc) is 2.72. The molecule has 106 valence electrons. The van der Waals surface area contributed by atoms with Gasteiger partial charge in [-0.2, -0.15) is 0 Å². The van der Waals surface area contributed by atoms with Crippen molar-refractivity contribution in [1.82, 2.24) is 0 Å². The molecule has 0 aromatic heterocycles. The Hall–Kier alpha value is -2.03. The van der Waals surface area contributed by atoms with Gasteiger partial charge in [-0.1, -0.05) is 25.1 Å². The van der Waals surface area contributed by atoms with Crippen molar-refractivity contribution in [3.05, 3.63) is 48.2 Å². The van der Waals surface area contributed by atoms with Gasteiger partial charge in [-0.05, 0) is 37.0 Å². The van der Waals surface area contributed by atoms with Crippen molar-refractivity contribution in [3.63, 3.8) is 0 Å². The van der Waals surface area contributed by atoms with Crippen LogP contribution in [0.4, 0.5) is 0 Å². The summed E-state index contributed by atoms with van der Waals surface area (Å²) in [6.45, 7) is 6.43. The lowest BCUT2D eigenvalue weighted by Crippen LogP contribution is -2.08.